The summed E-state index contributed by atoms with van der Waals surface area (Å²) in [6.07, 6.45) is 0.438. The molecule has 4 rings (SSSR count). The van der Waals surface area contributed by atoms with Crippen LogP contribution in [0.1, 0.15) is 31.0 Å². The number of methoxy groups -OCH3 is 1. The molecule has 1 aliphatic heterocycles. The summed E-state index contributed by atoms with van der Waals surface area (Å²) in [4.78, 5) is 24.5. The number of rotatable bonds is 12. The molecular weight excluding hydrogens is 528 g/mol. The van der Waals surface area contributed by atoms with E-state index >= 15 is 0 Å². The summed E-state index contributed by atoms with van der Waals surface area (Å²) in [6.45, 7) is 3.66. The van der Waals surface area contributed by atoms with Crippen LogP contribution in [-0.2, 0) is 9.53 Å². The van der Waals surface area contributed by atoms with Crippen LogP contribution in [0.15, 0.2) is 89.2 Å². The maximum absolute atomic E-state index is 12.4. The first-order valence-corrected chi connectivity index (χ1v) is 12.9. The van der Waals surface area contributed by atoms with Gasteiger partial charge in [-0.2, -0.15) is 5.10 Å². The zero-order chi connectivity index (χ0) is 29.2. The van der Waals surface area contributed by atoms with Crippen LogP contribution in [-0.4, -0.2) is 49.9 Å². The van der Waals surface area contributed by atoms with Crippen LogP contribution in [0.2, 0.25) is 0 Å². The number of hydrogen-bond donors (Lipinski definition) is 4. The third-order valence-corrected chi connectivity index (χ3v) is 5.95. The average Bonchev–Trinajstić information content (AvgIpc) is 2.96. The molecular formula is C30H32N4O7. The number of urea groups is 1. The van der Waals surface area contributed by atoms with Crippen LogP contribution in [0, 0.1) is 0 Å². The fraction of sp³-hybridized carbons (Fsp3) is 0.233. The van der Waals surface area contributed by atoms with Gasteiger partial charge in [0.05, 0.1) is 31.5 Å². The van der Waals surface area contributed by atoms with Gasteiger partial charge >= 0.3 is 12.0 Å². The van der Waals surface area contributed by atoms with Crippen molar-refractivity contribution in [3.05, 3.63) is 95.2 Å². The van der Waals surface area contributed by atoms with Gasteiger partial charge in [0, 0.05) is 5.70 Å². The summed E-state index contributed by atoms with van der Waals surface area (Å²) in [5, 5.41) is 19.8. The van der Waals surface area contributed by atoms with E-state index in [-0.39, 0.29) is 12.2 Å². The molecule has 41 heavy (non-hydrogen) atoms. The quantitative estimate of drug-likeness (QED) is 0.113. The number of allylic oxidation sites excluding steroid dienone is 1. The van der Waals surface area contributed by atoms with Gasteiger partial charge < -0.3 is 34.7 Å². The fourth-order valence-electron chi connectivity index (χ4n) is 4.10. The van der Waals surface area contributed by atoms with E-state index in [1.807, 2.05) is 61.5 Å². The Labute approximate surface area is 237 Å². The SMILES string of the molecule is CCOc1cc([C@H]2NC(=O)NC(C)=C2C(=O)OC)ccc1OC[C@@H](O)N/N=C\c1cccc(Oc2ccccc2)c1. The first-order chi connectivity index (χ1) is 19.9. The van der Waals surface area contributed by atoms with Crippen molar-refractivity contribution in [2.75, 3.05) is 20.3 Å². The molecule has 0 saturated carbocycles. The summed E-state index contributed by atoms with van der Waals surface area (Å²) in [7, 11) is 1.28. The Morgan fingerprint density at radius 2 is 1.83 bits per heavy atom. The van der Waals surface area contributed by atoms with Gasteiger partial charge in [-0.1, -0.05) is 36.4 Å². The molecule has 214 valence electrons. The summed E-state index contributed by atoms with van der Waals surface area (Å²) in [5.74, 6) is 1.56. The van der Waals surface area contributed by atoms with Gasteiger partial charge in [0.15, 0.2) is 17.7 Å². The number of nitrogens with zero attached hydrogens (tertiary/aromatic N) is 1. The van der Waals surface area contributed by atoms with Gasteiger partial charge in [0.25, 0.3) is 0 Å². The summed E-state index contributed by atoms with van der Waals surface area (Å²) < 4.78 is 22.3. The van der Waals surface area contributed by atoms with E-state index in [2.05, 4.69) is 21.2 Å². The van der Waals surface area contributed by atoms with Gasteiger partial charge in [-0.05, 0) is 61.4 Å². The third-order valence-electron chi connectivity index (χ3n) is 5.95. The number of hydrazone groups is 1. The molecule has 0 bridgehead atoms. The molecule has 0 unspecified atom stereocenters. The largest absolute Gasteiger partial charge is 0.490 e. The Balaban J connectivity index is 1.38. The number of benzene rings is 3. The number of aliphatic hydroxyl groups excluding tert-OH is 1. The van der Waals surface area contributed by atoms with Gasteiger partial charge in [0.2, 0.25) is 0 Å². The zero-order valence-corrected chi connectivity index (χ0v) is 22.9. The number of hydrogen-bond acceptors (Lipinski definition) is 9. The van der Waals surface area contributed by atoms with Crippen molar-refractivity contribution >= 4 is 18.2 Å². The van der Waals surface area contributed by atoms with Gasteiger partial charge in [0.1, 0.15) is 18.1 Å². The van der Waals surface area contributed by atoms with Crippen LogP contribution in [0.5, 0.6) is 23.0 Å². The fourth-order valence-corrected chi connectivity index (χ4v) is 4.10. The lowest BCUT2D eigenvalue weighted by molar-refractivity contribution is -0.136. The molecule has 1 heterocycles. The Kier molecular flexibility index (Phi) is 9.79. The van der Waals surface area contributed by atoms with Crippen LogP contribution in [0.3, 0.4) is 0 Å². The predicted molar refractivity (Wildman–Crippen MR) is 152 cm³/mol. The van der Waals surface area contributed by atoms with Crippen molar-refractivity contribution in [2.45, 2.75) is 26.1 Å². The third kappa shape index (κ3) is 7.76. The summed E-state index contributed by atoms with van der Waals surface area (Å²) in [5.41, 5.74) is 4.67. The average molecular weight is 561 g/mol. The van der Waals surface area contributed by atoms with E-state index in [1.54, 1.807) is 31.3 Å². The molecule has 3 aromatic rings. The topological polar surface area (TPSA) is 140 Å². The van der Waals surface area contributed by atoms with Crippen molar-refractivity contribution in [3.63, 3.8) is 0 Å². The lowest BCUT2D eigenvalue weighted by Gasteiger charge is -2.28. The number of carbonyl (C=O) groups is 2. The molecule has 2 amide bonds. The summed E-state index contributed by atoms with van der Waals surface area (Å²) in [6, 6.07) is 20.6. The lowest BCUT2D eigenvalue weighted by Crippen LogP contribution is -2.45. The van der Waals surface area contributed by atoms with Crippen molar-refractivity contribution in [2.24, 2.45) is 5.10 Å². The summed E-state index contributed by atoms with van der Waals surface area (Å²) >= 11 is 0. The van der Waals surface area contributed by atoms with E-state index in [0.717, 1.165) is 11.3 Å². The second-order valence-corrected chi connectivity index (χ2v) is 8.90. The van der Waals surface area contributed by atoms with Crippen molar-refractivity contribution in [3.8, 4) is 23.0 Å². The number of ether oxygens (including phenoxy) is 4. The number of nitrogens with one attached hydrogen (secondary N) is 3. The minimum absolute atomic E-state index is 0.134. The first-order valence-electron chi connectivity index (χ1n) is 12.9. The maximum atomic E-state index is 12.4. The standard InChI is InChI=1S/C30H32N4O7/c1-4-39-25-16-21(28-27(29(36)38-3)19(2)32-30(37)33-28)13-14-24(25)40-18-26(35)34-31-17-20-9-8-12-23(15-20)41-22-10-6-5-7-11-22/h5-17,26,28,34-35H,4,18H2,1-3H3,(H2,32,33,37)/b31-17-/t26-,28-/m1/s1. The maximum Gasteiger partial charge on any atom is 0.337 e. The molecule has 0 fully saturated rings. The van der Waals surface area contributed by atoms with Crippen LogP contribution < -0.4 is 30.3 Å². The molecule has 0 saturated heterocycles. The van der Waals surface area contributed by atoms with Crippen molar-refractivity contribution < 1.29 is 33.6 Å². The molecule has 3 aromatic carbocycles. The highest BCUT2D eigenvalue weighted by Crippen LogP contribution is 2.35. The Morgan fingerprint density at radius 3 is 2.59 bits per heavy atom. The smallest absolute Gasteiger partial charge is 0.337 e. The molecule has 0 spiro atoms. The monoisotopic (exact) mass is 560 g/mol. The lowest BCUT2D eigenvalue weighted by atomic mass is 9.95. The van der Waals surface area contributed by atoms with E-state index in [0.29, 0.717) is 35.1 Å². The van der Waals surface area contributed by atoms with Gasteiger partial charge in [-0.15, -0.1) is 0 Å². The molecule has 2 atom stereocenters. The van der Waals surface area contributed by atoms with Crippen molar-refractivity contribution in [1.82, 2.24) is 16.1 Å². The predicted octanol–water partition coefficient (Wildman–Crippen LogP) is 4.00. The molecule has 11 heteroatoms. The molecule has 1 aliphatic rings. The van der Waals surface area contributed by atoms with Gasteiger partial charge in [-0.3, -0.25) is 5.43 Å². The zero-order valence-electron chi connectivity index (χ0n) is 22.9. The number of amides is 2. The number of carbonyl (C=O) groups excluding carboxylic acids is 2. The normalized spacial score (nSPS) is 15.5. The molecule has 4 N–H and O–H groups in total. The first kappa shape index (κ1) is 29.0. The van der Waals surface area contributed by atoms with Crippen molar-refractivity contribution in [1.29, 1.82) is 0 Å². The Bertz CT molecular complexity index is 1430. The number of para-hydroxylation sites is 1. The van der Waals surface area contributed by atoms with E-state index < -0.39 is 24.3 Å². The minimum Gasteiger partial charge on any atom is -0.490 e. The highest BCUT2D eigenvalue weighted by Gasteiger charge is 2.32. The molecule has 11 nitrogen and oxygen atoms in total. The van der Waals surface area contributed by atoms with Gasteiger partial charge in [-0.25, -0.2) is 9.59 Å². The number of esters is 1. The second kappa shape index (κ2) is 13.9. The van der Waals surface area contributed by atoms with E-state index in [4.69, 9.17) is 18.9 Å². The molecule has 0 radical (unpaired) electrons. The second-order valence-electron chi connectivity index (χ2n) is 8.90. The highest BCUT2D eigenvalue weighted by molar-refractivity contribution is 5.95. The van der Waals surface area contributed by atoms with Crippen LogP contribution in [0.4, 0.5) is 4.79 Å². The van der Waals surface area contributed by atoms with E-state index in [1.165, 1.54) is 7.11 Å². The number of aliphatic hydroxyl groups is 1. The molecule has 0 aliphatic carbocycles. The Morgan fingerprint density at radius 1 is 1.05 bits per heavy atom. The van der Waals surface area contributed by atoms with Crippen LogP contribution >= 0.6 is 0 Å². The minimum atomic E-state index is -1.12. The molecule has 0 aromatic heterocycles. The highest BCUT2D eigenvalue weighted by atomic mass is 16.5. The van der Waals surface area contributed by atoms with E-state index in [9.17, 15) is 14.7 Å². The Hall–Kier alpha value is -5.03. The van der Waals surface area contributed by atoms with Crippen LogP contribution in [0.25, 0.3) is 0 Å².